The van der Waals surface area contributed by atoms with Crippen LogP contribution in [-0.2, 0) is 6.18 Å². The zero-order valence-electron chi connectivity index (χ0n) is 8.80. The average Bonchev–Trinajstić information content (AvgIpc) is 2.28. The van der Waals surface area contributed by atoms with E-state index in [9.17, 15) is 13.2 Å². The van der Waals surface area contributed by atoms with Crippen LogP contribution in [0.2, 0.25) is 5.15 Å². The number of alkyl halides is 3. The van der Waals surface area contributed by atoms with E-state index in [0.717, 1.165) is 16.6 Å². The summed E-state index contributed by atoms with van der Waals surface area (Å²) >= 11 is 8.87. The van der Waals surface area contributed by atoms with Crippen molar-refractivity contribution in [2.45, 2.75) is 6.18 Å². The molecule has 0 aliphatic heterocycles. The van der Waals surface area contributed by atoms with Crippen LogP contribution in [-0.4, -0.2) is 4.98 Å². The maximum Gasteiger partial charge on any atom is 0.416 e. The monoisotopic (exact) mass is 335 g/mol. The van der Waals surface area contributed by atoms with E-state index in [2.05, 4.69) is 20.9 Å². The van der Waals surface area contributed by atoms with E-state index in [-0.39, 0.29) is 10.8 Å². The standard InChI is InChI=1S/C12H6BrClF3N/c13-9-3-1-7(2-4-9)10-5-8(12(15,16)17)6-11(14)18-10/h1-6H. The van der Waals surface area contributed by atoms with Gasteiger partial charge in [-0.1, -0.05) is 39.7 Å². The molecule has 1 aromatic heterocycles. The Morgan fingerprint density at radius 1 is 1.06 bits per heavy atom. The lowest BCUT2D eigenvalue weighted by atomic mass is 10.1. The molecule has 0 N–H and O–H groups in total. The molecule has 0 radical (unpaired) electrons. The highest BCUT2D eigenvalue weighted by atomic mass is 79.9. The summed E-state index contributed by atoms with van der Waals surface area (Å²) in [7, 11) is 0. The Morgan fingerprint density at radius 2 is 1.67 bits per heavy atom. The van der Waals surface area contributed by atoms with Gasteiger partial charge in [0.1, 0.15) is 5.15 Å². The Morgan fingerprint density at radius 3 is 2.22 bits per heavy atom. The first-order valence-corrected chi connectivity index (χ1v) is 6.04. The third-order valence-corrected chi connectivity index (χ3v) is 2.98. The Labute approximate surface area is 115 Å². The molecular weight excluding hydrogens is 330 g/mol. The summed E-state index contributed by atoms with van der Waals surface area (Å²) in [5.74, 6) is 0. The molecule has 2 aromatic rings. The molecular formula is C12H6BrClF3N. The Hall–Kier alpha value is -1.07. The summed E-state index contributed by atoms with van der Waals surface area (Å²) in [6.45, 7) is 0. The van der Waals surface area contributed by atoms with E-state index >= 15 is 0 Å². The van der Waals surface area contributed by atoms with Crippen LogP contribution < -0.4 is 0 Å². The van der Waals surface area contributed by atoms with Crippen molar-refractivity contribution in [1.82, 2.24) is 4.98 Å². The number of rotatable bonds is 1. The second-order valence-electron chi connectivity index (χ2n) is 3.57. The van der Waals surface area contributed by atoms with E-state index < -0.39 is 11.7 Å². The molecule has 1 nitrogen and oxygen atoms in total. The van der Waals surface area contributed by atoms with Gasteiger partial charge in [0.15, 0.2) is 0 Å². The molecule has 1 heterocycles. The number of aromatic nitrogens is 1. The molecule has 0 spiro atoms. The van der Waals surface area contributed by atoms with Crippen LogP contribution in [0.4, 0.5) is 13.2 Å². The highest BCUT2D eigenvalue weighted by Gasteiger charge is 2.31. The maximum absolute atomic E-state index is 12.6. The first kappa shape index (κ1) is 13.4. The van der Waals surface area contributed by atoms with Gasteiger partial charge in [0.2, 0.25) is 0 Å². The van der Waals surface area contributed by atoms with Crippen LogP contribution in [0.25, 0.3) is 11.3 Å². The largest absolute Gasteiger partial charge is 0.416 e. The van der Waals surface area contributed by atoms with Gasteiger partial charge in [0.05, 0.1) is 11.3 Å². The van der Waals surface area contributed by atoms with Crippen LogP contribution in [0.3, 0.4) is 0 Å². The van der Waals surface area contributed by atoms with Crippen LogP contribution in [0.15, 0.2) is 40.9 Å². The summed E-state index contributed by atoms with van der Waals surface area (Å²) in [5.41, 5.74) is -0.0334. The molecule has 94 valence electrons. The lowest BCUT2D eigenvalue weighted by molar-refractivity contribution is -0.137. The van der Waals surface area contributed by atoms with Crippen molar-refractivity contribution in [2.24, 2.45) is 0 Å². The number of benzene rings is 1. The van der Waals surface area contributed by atoms with Crippen molar-refractivity contribution < 1.29 is 13.2 Å². The van der Waals surface area contributed by atoms with E-state index in [0.29, 0.717) is 5.56 Å². The molecule has 0 saturated heterocycles. The van der Waals surface area contributed by atoms with E-state index in [1.165, 1.54) is 0 Å². The molecule has 6 heteroatoms. The second-order valence-corrected chi connectivity index (χ2v) is 4.87. The summed E-state index contributed by atoms with van der Waals surface area (Å²) in [6, 6.07) is 8.58. The van der Waals surface area contributed by atoms with Gasteiger partial charge in [-0.2, -0.15) is 13.2 Å². The second kappa shape index (κ2) is 4.90. The third-order valence-electron chi connectivity index (χ3n) is 2.26. The lowest BCUT2D eigenvalue weighted by Gasteiger charge is -2.09. The molecule has 18 heavy (non-hydrogen) atoms. The fourth-order valence-corrected chi connectivity index (χ4v) is 1.90. The topological polar surface area (TPSA) is 12.9 Å². The van der Waals surface area contributed by atoms with Gasteiger partial charge in [0, 0.05) is 10.0 Å². The van der Waals surface area contributed by atoms with Gasteiger partial charge >= 0.3 is 6.18 Å². The van der Waals surface area contributed by atoms with Gasteiger partial charge in [-0.15, -0.1) is 0 Å². The molecule has 2 rings (SSSR count). The summed E-state index contributed by atoms with van der Waals surface area (Å²) in [5, 5.41) is -0.178. The Bertz CT molecular complexity index is 567. The minimum Gasteiger partial charge on any atom is -0.236 e. The van der Waals surface area contributed by atoms with Crippen molar-refractivity contribution in [2.75, 3.05) is 0 Å². The highest BCUT2D eigenvalue weighted by Crippen LogP contribution is 2.33. The SMILES string of the molecule is FC(F)(F)c1cc(Cl)nc(-c2ccc(Br)cc2)c1. The van der Waals surface area contributed by atoms with Gasteiger partial charge in [0.25, 0.3) is 0 Å². The van der Waals surface area contributed by atoms with Crippen LogP contribution in [0.5, 0.6) is 0 Å². The third kappa shape index (κ3) is 3.03. The lowest BCUT2D eigenvalue weighted by Crippen LogP contribution is -2.05. The number of hydrogen-bond donors (Lipinski definition) is 0. The molecule has 0 atom stereocenters. The summed E-state index contributed by atoms with van der Waals surface area (Å²) in [6.07, 6.45) is -4.43. The summed E-state index contributed by atoms with van der Waals surface area (Å²) < 4.78 is 38.7. The van der Waals surface area contributed by atoms with Crippen molar-refractivity contribution in [3.05, 3.63) is 51.6 Å². The van der Waals surface area contributed by atoms with Crippen LogP contribution in [0, 0.1) is 0 Å². The Kier molecular flexibility index (Phi) is 3.64. The molecule has 0 bridgehead atoms. The normalized spacial score (nSPS) is 11.6. The summed E-state index contributed by atoms with van der Waals surface area (Å²) in [4.78, 5) is 3.90. The quantitative estimate of drug-likeness (QED) is 0.654. The first-order chi connectivity index (χ1) is 8.36. The molecule has 1 aromatic carbocycles. The predicted molar refractivity (Wildman–Crippen MR) is 67.4 cm³/mol. The molecule has 0 unspecified atom stereocenters. The van der Waals surface area contributed by atoms with E-state index in [1.807, 2.05) is 0 Å². The van der Waals surface area contributed by atoms with Crippen molar-refractivity contribution in [3.63, 3.8) is 0 Å². The molecule has 0 aliphatic rings. The van der Waals surface area contributed by atoms with Crippen LogP contribution >= 0.6 is 27.5 Å². The van der Waals surface area contributed by atoms with Gasteiger partial charge in [-0.05, 0) is 24.3 Å². The van der Waals surface area contributed by atoms with Crippen molar-refractivity contribution in [1.29, 1.82) is 0 Å². The zero-order chi connectivity index (χ0) is 13.3. The first-order valence-electron chi connectivity index (χ1n) is 4.87. The smallest absolute Gasteiger partial charge is 0.236 e. The van der Waals surface area contributed by atoms with Gasteiger partial charge in [-0.25, -0.2) is 4.98 Å². The van der Waals surface area contributed by atoms with Gasteiger partial charge < -0.3 is 0 Å². The van der Waals surface area contributed by atoms with E-state index in [1.54, 1.807) is 24.3 Å². The van der Waals surface area contributed by atoms with Gasteiger partial charge in [-0.3, -0.25) is 0 Å². The Balaban J connectivity index is 2.52. The fourth-order valence-electron chi connectivity index (χ4n) is 1.43. The number of pyridine rings is 1. The molecule has 0 saturated carbocycles. The molecule has 0 amide bonds. The van der Waals surface area contributed by atoms with E-state index in [4.69, 9.17) is 11.6 Å². The molecule has 0 fully saturated rings. The van der Waals surface area contributed by atoms with Crippen molar-refractivity contribution >= 4 is 27.5 Å². The highest BCUT2D eigenvalue weighted by molar-refractivity contribution is 9.10. The van der Waals surface area contributed by atoms with Crippen molar-refractivity contribution in [3.8, 4) is 11.3 Å². The van der Waals surface area contributed by atoms with Crippen LogP contribution in [0.1, 0.15) is 5.56 Å². The number of nitrogens with zero attached hydrogens (tertiary/aromatic N) is 1. The fraction of sp³-hybridized carbons (Fsp3) is 0.0833. The zero-order valence-corrected chi connectivity index (χ0v) is 11.1. The minimum absolute atomic E-state index is 0.178. The molecule has 0 aliphatic carbocycles. The minimum atomic E-state index is -4.43. The number of hydrogen-bond acceptors (Lipinski definition) is 1. The predicted octanol–water partition coefficient (Wildman–Crippen LogP) is 5.18. The average molecular weight is 337 g/mol. The number of halogens is 5. The maximum atomic E-state index is 12.6.